The van der Waals surface area contributed by atoms with E-state index in [1.807, 2.05) is 6.92 Å². The van der Waals surface area contributed by atoms with E-state index in [2.05, 4.69) is 26.2 Å². The minimum absolute atomic E-state index is 0.0445. The lowest BCUT2D eigenvalue weighted by Crippen LogP contribution is -2.55. The molecule has 544 valence electrons. The second-order valence-electron chi connectivity index (χ2n) is 25.9. The van der Waals surface area contributed by atoms with E-state index in [4.69, 9.17) is 43.6 Å². The Labute approximate surface area is 582 Å². The highest BCUT2D eigenvalue weighted by Gasteiger charge is 2.56. The molecule has 2 aliphatic carbocycles. The Morgan fingerprint density at radius 3 is 2.25 bits per heavy atom. The number of morpholine rings is 1. The van der Waals surface area contributed by atoms with Crippen molar-refractivity contribution in [1.29, 1.82) is 0 Å². The van der Waals surface area contributed by atoms with Crippen LogP contribution in [0.3, 0.4) is 0 Å². The summed E-state index contributed by atoms with van der Waals surface area (Å²) in [4.78, 5) is 152. The Balaban J connectivity index is 0.765. The van der Waals surface area contributed by atoms with Gasteiger partial charge in [0.05, 0.1) is 47.9 Å². The zero-order valence-electron chi connectivity index (χ0n) is 57.2. The number of amides is 9. The first-order valence-corrected chi connectivity index (χ1v) is 34.5. The van der Waals surface area contributed by atoms with E-state index < -0.39 is 150 Å². The summed E-state index contributed by atoms with van der Waals surface area (Å²) in [6.07, 6.45) is -5.70. The molecule has 1 unspecified atom stereocenters. The molecule has 9 rings (SSSR count). The Morgan fingerprint density at radius 1 is 0.860 bits per heavy atom. The minimum Gasteiger partial charge on any atom is -0.507 e. The number of imide groups is 1. The lowest BCUT2D eigenvalue weighted by atomic mass is 9.72. The third-order valence-electron chi connectivity index (χ3n) is 18.7. The molecule has 0 spiro atoms. The number of likely N-dealkylation sites (N-methyl/N-ethyl adjacent to an activating group) is 2. The number of unbranched alkanes of at least 4 members (excludes halogenated alkanes) is 2. The third-order valence-corrected chi connectivity index (χ3v) is 19.8. The second-order valence-corrected chi connectivity index (χ2v) is 27.4. The summed E-state index contributed by atoms with van der Waals surface area (Å²) < 4.78 is 47.0. The van der Waals surface area contributed by atoms with E-state index in [1.165, 1.54) is 68.1 Å². The minimum atomic E-state index is -2.49. The van der Waals surface area contributed by atoms with Gasteiger partial charge in [-0.25, -0.2) is 14.4 Å². The number of ketones is 3. The Kier molecular flexibility index (Phi) is 25.2. The largest absolute Gasteiger partial charge is 0.507 e. The van der Waals surface area contributed by atoms with Crippen LogP contribution in [0.5, 0.6) is 17.2 Å². The van der Waals surface area contributed by atoms with Gasteiger partial charge in [0.2, 0.25) is 41.1 Å². The van der Waals surface area contributed by atoms with Gasteiger partial charge in [0, 0.05) is 114 Å². The number of likely N-dealkylation sites (tertiary alicyclic amines) is 1. The van der Waals surface area contributed by atoms with Crippen molar-refractivity contribution in [3.8, 4) is 17.2 Å². The number of anilines is 1. The predicted molar refractivity (Wildman–Crippen MR) is 356 cm³/mol. The number of hydrogen-bond acceptors (Lipinski definition) is 24. The van der Waals surface area contributed by atoms with Crippen molar-refractivity contribution >= 4 is 82.6 Å². The monoisotopic (exact) mass is 1420 g/mol. The number of rotatable bonds is 30. The fraction of sp³-hybridized carbons (Fsp3) is 0.574. The fourth-order valence-corrected chi connectivity index (χ4v) is 14.3. The topological polar surface area (TPSA) is 409 Å². The number of methoxy groups -OCH3 is 2. The van der Waals surface area contributed by atoms with E-state index in [-0.39, 0.29) is 122 Å². The van der Waals surface area contributed by atoms with Crippen molar-refractivity contribution in [3.05, 3.63) is 81.4 Å². The Hall–Kier alpha value is -8.50. The molecular weight excluding hydrogens is 1330 g/mol. The molecule has 0 saturated carbocycles. The zero-order chi connectivity index (χ0) is 72.4. The molecule has 11 atom stereocenters. The van der Waals surface area contributed by atoms with Crippen LogP contribution in [0.2, 0.25) is 0 Å². The van der Waals surface area contributed by atoms with Crippen molar-refractivity contribution in [2.45, 2.75) is 165 Å². The lowest BCUT2D eigenvalue weighted by Gasteiger charge is -2.43. The molecule has 3 aromatic carbocycles. The number of nitrogens with two attached hydrogens (primary N) is 1. The molecule has 32 heteroatoms. The number of urea groups is 1. The average Bonchev–Trinajstić information content (AvgIpc) is 0.891. The first kappa shape index (κ1) is 75.7. The number of nitrogens with zero attached hydrogens (tertiary/aromatic N) is 4. The van der Waals surface area contributed by atoms with Crippen LogP contribution in [-0.2, 0) is 75.0 Å². The standard InChI is InChI=1S/C68H89N9O22S/c1-9-100-45-30-48(80)77(62(45)87)24-12-10-11-18-47(79)73-54(35(2)3)61(86)72-41(16-14-23-70-65(69)88)60(85)71-38-21-19-37(20-22-38)33-95-66(89)74(5)25-26-75(6)67(90)96-34-46(78)68(91)31-40-51(58(84)53-52(56(40)82)55(81)39-15-13-17-43(92-7)50(39)57(53)83)44(32-68)98-49-29-42-59(36(4)97-49)99-63-64(93-8)94-28-27-76(42)63/h13,15,17,19-22,35-36,41-42,44-45,49,54,59,63-64,82,84,91H,9-12,14,16,18,23-34H2,1-8H3,(H,71,85)(H,72,86)(H,73,79)(H3,69,70,88)/t36-,41-,42-,44-,45?,49-,54-,59+,63+,64-,68-/m0/s1. The highest BCUT2D eigenvalue weighted by atomic mass is 32.2. The average molecular weight is 1420 g/mol. The number of primary amides is 1. The molecule has 9 N–H and O–H groups in total. The summed E-state index contributed by atoms with van der Waals surface area (Å²) in [6, 6.07) is 7.40. The van der Waals surface area contributed by atoms with Crippen LogP contribution < -0.4 is 31.7 Å². The molecule has 100 heavy (non-hydrogen) atoms. The maximum absolute atomic E-state index is 14.3. The molecule has 4 saturated heterocycles. The van der Waals surface area contributed by atoms with E-state index in [9.17, 15) is 68.1 Å². The van der Waals surface area contributed by atoms with Crippen molar-refractivity contribution < 1.29 is 106 Å². The Morgan fingerprint density at radius 2 is 1.57 bits per heavy atom. The van der Waals surface area contributed by atoms with E-state index >= 15 is 0 Å². The maximum Gasteiger partial charge on any atom is 0.409 e. The number of aromatic hydroxyl groups is 2. The van der Waals surface area contributed by atoms with Crippen LogP contribution in [0, 0.1) is 5.92 Å². The van der Waals surface area contributed by atoms with Crippen molar-refractivity contribution in [3.63, 3.8) is 0 Å². The fourth-order valence-electron chi connectivity index (χ4n) is 13.3. The number of benzene rings is 3. The van der Waals surface area contributed by atoms with Crippen LogP contribution in [-0.4, -0.2) is 240 Å². The maximum atomic E-state index is 14.3. The highest BCUT2D eigenvalue weighted by molar-refractivity contribution is 8.00. The number of Topliss-reactive ketones (excluding diaryl/α,β-unsaturated/α-hetero) is 1. The van der Waals surface area contributed by atoms with Gasteiger partial charge in [-0.05, 0) is 68.0 Å². The number of aliphatic hydroxyl groups is 1. The molecule has 3 aromatic rings. The number of phenols is 2. The van der Waals surface area contributed by atoms with Gasteiger partial charge in [-0.3, -0.25) is 48.2 Å². The number of phenolic OH excluding ortho intramolecular Hbond substituents is 2. The van der Waals surface area contributed by atoms with Crippen molar-refractivity contribution in [2.75, 3.05) is 85.3 Å². The smallest absolute Gasteiger partial charge is 0.409 e. The van der Waals surface area contributed by atoms with Crippen LogP contribution >= 0.6 is 11.8 Å². The molecule has 0 aromatic heterocycles. The first-order chi connectivity index (χ1) is 47.7. The Bertz CT molecular complexity index is 3600. The number of nitrogens with one attached hydrogen (secondary N) is 4. The highest BCUT2D eigenvalue weighted by Crippen LogP contribution is 2.53. The summed E-state index contributed by atoms with van der Waals surface area (Å²) in [7, 11) is 5.58. The molecule has 4 fully saturated rings. The summed E-state index contributed by atoms with van der Waals surface area (Å²) in [6.45, 7) is 6.97. The van der Waals surface area contributed by atoms with Crippen LogP contribution in [0.1, 0.15) is 140 Å². The van der Waals surface area contributed by atoms with Crippen LogP contribution in [0.25, 0.3) is 0 Å². The third kappa shape index (κ3) is 17.1. The van der Waals surface area contributed by atoms with Crippen molar-refractivity contribution in [2.24, 2.45) is 11.7 Å². The number of hydrogen-bond donors (Lipinski definition) is 8. The summed E-state index contributed by atoms with van der Waals surface area (Å²) in [5, 5.41) is 47.1. The predicted octanol–water partition coefficient (Wildman–Crippen LogP) is 3.51. The normalized spacial score (nSPS) is 23.6. The van der Waals surface area contributed by atoms with Crippen molar-refractivity contribution in [1.82, 2.24) is 35.6 Å². The summed E-state index contributed by atoms with van der Waals surface area (Å²) in [5.74, 6) is -5.83. The SMILES string of the molecule is CCSC1CC(=O)N(CCCCCC(=O)N[C@H](C(=O)N[C@@H](CCCNC(N)=O)C(=O)Nc2ccc(COC(=O)N(C)CCN(C)C(=O)OCC(=O)[C@]3(O)Cc4c(O)c5c(c(O)c4[C@@H](O[C@H]4C[C@H]6[C@H](O[C@@H]7[C@@H](OC)OCCN76)[C@H](C)O4)C3)C(=O)c3c(OC)cccc3C5=O)cc2)C(C)C)C1=O. The molecule has 6 aliphatic rings. The van der Waals surface area contributed by atoms with Gasteiger partial charge in [-0.1, -0.05) is 51.5 Å². The lowest BCUT2D eigenvalue weighted by molar-refractivity contribution is -0.256. The van der Waals surface area contributed by atoms with Gasteiger partial charge >= 0.3 is 18.2 Å². The molecule has 4 heterocycles. The van der Waals surface area contributed by atoms with Crippen LogP contribution in [0.15, 0.2) is 42.5 Å². The van der Waals surface area contributed by atoms with Gasteiger partial charge in [-0.15, -0.1) is 11.8 Å². The summed E-state index contributed by atoms with van der Waals surface area (Å²) >= 11 is 1.44. The quantitative estimate of drug-likeness (QED) is 0.0210. The van der Waals surface area contributed by atoms with Gasteiger partial charge < -0.3 is 90.0 Å². The number of thioether (sulfide) groups is 1. The molecule has 0 radical (unpaired) electrons. The molecular formula is C68H89N9O22S. The van der Waals surface area contributed by atoms with E-state index in [0.717, 1.165) is 10.7 Å². The van der Waals surface area contributed by atoms with E-state index in [0.29, 0.717) is 43.7 Å². The van der Waals surface area contributed by atoms with Gasteiger partial charge in [0.15, 0.2) is 31.2 Å². The van der Waals surface area contributed by atoms with Gasteiger partial charge in [-0.2, -0.15) is 0 Å². The first-order valence-electron chi connectivity index (χ1n) is 33.4. The van der Waals surface area contributed by atoms with E-state index in [1.54, 1.807) is 45.0 Å². The number of ether oxygens (including phenoxy) is 8. The van der Waals surface area contributed by atoms with Gasteiger partial charge in [0.25, 0.3) is 0 Å². The molecule has 31 nitrogen and oxygen atoms in total. The zero-order valence-corrected chi connectivity index (χ0v) is 58.0. The summed E-state index contributed by atoms with van der Waals surface area (Å²) in [5.41, 5.74) is 1.79. The molecule has 4 aliphatic heterocycles. The molecule has 9 amide bonds. The number of fused-ring (bicyclic) bond motifs is 6. The number of carbonyl (C=O) groups is 11. The van der Waals surface area contributed by atoms with Crippen LogP contribution in [0.4, 0.5) is 20.1 Å². The molecule has 0 bridgehead atoms. The second kappa shape index (κ2) is 33.3. The number of carbonyl (C=O) groups excluding carboxylic acids is 11. The van der Waals surface area contributed by atoms with Gasteiger partial charge in [0.1, 0.15) is 47.6 Å².